The molecular formula is C13H19NO2. The SMILES string of the molecule is CC(C)(C)C1CCCC1N1C(=O)C=CC1=O. The summed E-state index contributed by atoms with van der Waals surface area (Å²) in [5.74, 6) is 0.164. The van der Waals surface area contributed by atoms with Crippen molar-refractivity contribution in [2.24, 2.45) is 11.3 Å². The quantitative estimate of drug-likeness (QED) is 0.636. The first kappa shape index (κ1) is 11.4. The molecule has 3 heteroatoms. The zero-order valence-corrected chi connectivity index (χ0v) is 10.2. The highest BCUT2D eigenvalue weighted by Crippen LogP contribution is 2.42. The van der Waals surface area contributed by atoms with Crippen molar-refractivity contribution in [3.05, 3.63) is 12.2 Å². The molecule has 0 N–H and O–H groups in total. The van der Waals surface area contributed by atoms with Gasteiger partial charge in [0.2, 0.25) is 0 Å². The molecule has 1 heterocycles. The van der Waals surface area contributed by atoms with Gasteiger partial charge in [0.25, 0.3) is 11.8 Å². The van der Waals surface area contributed by atoms with Gasteiger partial charge in [-0.2, -0.15) is 0 Å². The number of nitrogens with zero attached hydrogens (tertiary/aromatic N) is 1. The van der Waals surface area contributed by atoms with Crippen molar-refractivity contribution in [3.63, 3.8) is 0 Å². The van der Waals surface area contributed by atoms with Gasteiger partial charge in [0.05, 0.1) is 0 Å². The van der Waals surface area contributed by atoms with E-state index in [0.717, 1.165) is 19.3 Å². The molecule has 3 nitrogen and oxygen atoms in total. The van der Waals surface area contributed by atoms with E-state index >= 15 is 0 Å². The summed E-state index contributed by atoms with van der Waals surface area (Å²) >= 11 is 0. The van der Waals surface area contributed by atoms with E-state index in [1.54, 1.807) is 0 Å². The van der Waals surface area contributed by atoms with Crippen molar-refractivity contribution < 1.29 is 9.59 Å². The van der Waals surface area contributed by atoms with Crippen LogP contribution >= 0.6 is 0 Å². The molecule has 2 amide bonds. The molecular weight excluding hydrogens is 202 g/mol. The Morgan fingerprint density at radius 3 is 2.19 bits per heavy atom. The van der Waals surface area contributed by atoms with Gasteiger partial charge in [-0.15, -0.1) is 0 Å². The molecule has 0 aromatic rings. The maximum absolute atomic E-state index is 11.7. The van der Waals surface area contributed by atoms with E-state index in [1.807, 2.05) is 0 Å². The number of carbonyl (C=O) groups excluding carboxylic acids is 2. The molecule has 0 radical (unpaired) electrons. The minimum atomic E-state index is -0.133. The normalized spacial score (nSPS) is 30.6. The summed E-state index contributed by atoms with van der Waals surface area (Å²) in [6.07, 6.45) is 5.97. The van der Waals surface area contributed by atoms with E-state index in [2.05, 4.69) is 20.8 Å². The van der Waals surface area contributed by atoms with Crippen LogP contribution in [0.5, 0.6) is 0 Å². The van der Waals surface area contributed by atoms with Crippen molar-refractivity contribution in [3.8, 4) is 0 Å². The fourth-order valence-electron chi connectivity index (χ4n) is 3.00. The number of imide groups is 1. The molecule has 1 fully saturated rings. The lowest BCUT2D eigenvalue weighted by Crippen LogP contribution is -2.45. The van der Waals surface area contributed by atoms with E-state index in [4.69, 9.17) is 0 Å². The smallest absolute Gasteiger partial charge is 0.253 e. The van der Waals surface area contributed by atoms with Gasteiger partial charge < -0.3 is 0 Å². The van der Waals surface area contributed by atoms with E-state index in [9.17, 15) is 9.59 Å². The lowest BCUT2D eigenvalue weighted by Gasteiger charge is -2.36. The summed E-state index contributed by atoms with van der Waals surface area (Å²) in [6, 6.07) is 0.106. The van der Waals surface area contributed by atoms with Crippen LogP contribution in [0.3, 0.4) is 0 Å². The largest absolute Gasteiger partial charge is 0.272 e. The van der Waals surface area contributed by atoms with E-state index in [0.29, 0.717) is 5.92 Å². The Labute approximate surface area is 96.5 Å². The van der Waals surface area contributed by atoms with Crippen LogP contribution in [0.4, 0.5) is 0 Å². The van der Waals surface area contributed by atoms with Crippen LogP contribution in [-0.2, 0) is 9.59 Å². The third-order valence-electron chi connectivity index (χ3n) is 3.77. The van der Waals surface area contributed by atoms with E-state index in [1.165, 1.54) is 17.1 Å². The molecule has 2 unspecified atom stereocenters. The predicted molar refractivity (Wildman–Crippen MR) is 61.6 cm³/mol. The average Bonchev–Trinajstić information content (AvgIpc) is 2.72. The summed E-state index contributed by atoms with van der Waals surface area (Å²) in [7, 11) is 0. The Kier molecular flexibility index (Phi) is 2.64. The minimum absolute atomic E-state index is 0.106. The molecule has 2 rings (SSSR count). The molecule has 0 aromatic heterocycles. The van der Waals surface area contributed by atoms with Crippen LogP contribution in [-0.4, -0.2) is 22.8 Å². The van der Waals surface area contributed by atoms with Gasteiger partial charge in [-0.1, -0.05) is 27.2 Å². The average molecular weight is 221 g/mol. The third kappa shape index (κ3) is 1.79. The first-order chi connectivity index (χ1) is 7.41. The van der Waals surface area contributed by atoms with Gasteiger partial charge in [-0.3, -0.25) is 14.5 Å². The van der Waals surface area contributed by atoms with Crippen molar-refractivity contribution in [1.29, 1.82) is 0 Å². The van der Waals surface area contributed by atoms with Crippen LogP contribution in [0.15, 0.2) is 12.2 Å². The molecule has 2 aliphatic rings. The molecule has 0 aromatic carbocycles. The molecule has 1 aliphatic heterocycles. The third-order valence-corrected chi connectivity index (χ3v) is 3.77. The zero-order valence-electron chi connectivity index (χ0n) is 10.2. The second kappa shape index (κ2) is 3.72. The van der Waals surface area contributed by atoms with Crippen molar-refractivity contribution in [1.82, 2.24) is 4.90 Å². The van der Waals surface area contributed by atoms with Crippen LogP contribution in [0.2, 0.25) is 0 Å². The Balaban J connectivity index is 2.21. The van der Waals surface area contributed by atoms with Crippen LogP contribution in [0.25, 0.3) is 0 Å². The second-order valence-corrected chi connectivity index (χ2v) is 5.85. The number of amides is 2. The maximum atomic E-state index is 11.7. The summed E-state index contributed by atoms with van der Waals surface area (Å²) in [5.41, 5.74) is 0.157. The molecule has 1 aliphatic carbocycles. The van der Waals surface area contributed by atoms with Gasteiger partial charge in [0.1, 0.15) is 0 Å². The Hall–Kier alpha value is -1.12. The Bertz CT molecular complexity index is 333. The lowest BCUT2D eigenvalue weighted by atomic mass is 9.77. The molecule has 0 spiro atoms. The van der Waals surface area contributed by atoms with Crippen molar-refractivity contribution >= 4 is 11.8 Å². The van der Waals surface area contributed by atoms with Crippen molar-refractivity contribution in [2.45, 2.75) is 46.1 Å². The monoisotopic (exact) mass is 221 g/mol. The highest BCUT2D eigenvalue weighted by molar-refractivity contribution is 6.13. The fraction of sp³-hybridized carbons (Fsp3) is 0.692. The summed E-state index contributed by atoms with van der Waals surface area (Å²) in [5, 5.41) is 0. The molecule has 16 heavy (non-hydrogen) atoms. The first-order valence-corrected chi connectivity index (χ1v) is 5.96. The number of hydrogen-bond acceptors (Lipinski definition) is 2. The van der Waals surface area contributed by atoms with E-state index < -0.39 is 0 Å². The van der Waals surface area contributed by atoms with Gasteiger partial charge >= 0.3 is 0 Å². The molecule has 1 saturated carbocycles. The van der Waals surface area contributed by atoms with Gasteiger partial charge in [0, 0.05) is 18.2 Å². The molecule has 88 valence electrons. The number of carbonyl (C=O) groups is 2. The zero-order chi connectivity index (χ0) is 11.9. The lowest BCUT2D eigenvalue weighted by molar-refractivity contribution is -0.141. The fourth-order valence-corrected chi connectivity index (χ4v) is 3.00. The van der Waals surface area contributed by atoms with Gasteiger partial charge in [0.15, 0.2) is 0 Å². The van der Waals surface area contributed by atoms with E-state index in [-0.39, 0.29) is 23.3 Å². The van der Waals surface area contributed by atoms with Crippen molar-refractivity contribution in [2.75, 3.05) is 0 Å². The van der Waals surface area contributed by atoms with Gasteiger partial charge in [-0.25, -0.2) is 0 Å². The Morgan fingerprint density at radius 1 is 1.12 bits per heavy atom. The number of hydrogen-bond donors (Lipinski definition) is 0. The van der Waals surface area contributed by atoms with Crippen LogP contribution in [0, 0.1) is 11.3 Å². The Morgan fingerprint density at radius 2 is 1.69 bits per heavy atom. The maximum Gasteiger partial charge on any atom is 0.253 e. The second-order valence-electron chi connectivity index (χ2n) is 5.85. The molecule has 0 saturated heterocycles. The van der Waals surface area contributed by atoms with Crippen LogP contribution < -0.4 is 0 Å². The summed E-state index contributed by atoms with van der Waals surface area (Å²) in [4.78, 5) is 24.8. The molecule has 2 atom stereocenters. The standard InChI is InChI=1S/C13H19NO2/c1-13(2,3)9-5-4-6-10(9)14-11(15)7-8-12(14)16/h7-10H,4-6H2,1-3H3. The summed E-state index contributed by atoms with van der Waals surface area (Å²) in [6.45, 7) is 6.57. The predicted octanol–water partition coefficient (Wildman–Crippen LogP) is 2.13. The first-order valence-electron chi connectivity index (χ1n) is 5.96. The highest BCUT2D eigenvalue weighted by Gasteiger charge is 2.43. The topological polar surface area (TPSA) is 37.4 Å². The molecule has 0 bridgehead atoms. The van der Waals surface area contributed by atoms with Gasteiger partial charge in [-0.05, 0) is 24.2 Å². The highest BCUT2D eigenvalue weighted by atomic mass is 16.2. The van der Waals surface area contributed by atoms with Crippen LogP contribution in [0.1, 0.15) is 40.0 Å². The minimum Gasteiger partial charge on any atom is -0.272 e. The summed E-state index contributed by atoms with van der Waals surface area (Å²) < 4.78 is 0. The number of rotatable bonds is 1.